The predicted molar refractivity (Wildman–Crippen MR) is 126 cm³/mol. The van der Waals surface area contributed by atoms with Gasteiger partial charge in [-0.25, -0.2) is 0 Å². The fourth-order valence-corrected chi connectivity index (χ4v) is 3.71. The van der Waals surface area contributed by atoms with Gasteiger partial charge in [-0.05, 0) is 42.9 Å². The molecule has 0 saturated heterocycles. The van der Waals surface area contributed by atoms with E-state index in [2.05, 4.69) is 21.4 Å². The number of fused-ring (bicyclic) bond motifs is 1. The van der Waals surface area contributed by atoms with Gasteiger partial charge in [0.2, 0.25) is 11.6 Å². The summed E-state index contributed by atoms with van der Waals surface area (Å²) in [6.07, 6.45) is 7.79. The van der Waals surface area contributed by atoms with Crippen LogP contribution in [0.1, 0.15) is 37.8 Å². The lowest BCUT2D eigenvalue weighted by molar-refractivity contribution is 0.324. The van der Waals surface area contributed by atoms with E-state index in [-0.39, 0.29) is 0 Å². The predicted octanol–water partition coefficient (Wildman–Crippen LogP) is 5.94. The fraction of sp³-hybridized carbons (Fsp3) is 0.360. The summed E-state index contributed by atoms with van der Waals surface area (Å²) in [6, 6.07) is 9.82. The normalized spacial score (nSPS) is 12.0. The summed E-state index contributed by atoms with van der Waals surface area (Å²) < 4.78 is 22.3. The zero-order valence-corrected chi connectivity index (χ0v) is 19.4. The lowest BCUT2D eigenvalue weighted by Gasteiger charge is -2.19. The number of rotatable bonds is 7. The number of ether oxygens (including phenoxy) is 4. The molecule has 0 aliphatic heterocycles. The Balaban J connectivity index is 0.00000141. The summed E-state index contributed by atoms with van der Waals surface area (Å²) in [5, 5.41) is 3.22. The van der Waals surface area contributed by atoms with Crippen molar-refractivity contribution in [3.8, 4) is 28.9 Å². The Morgan fingerprint density at radius 3 is 2.25 bits per heavy atom. The lowest BCUT2D eigenvalue weighted by atomic mass is 9.91. The highest BCUT2D eigenvalue weighted by Gasteiger charge is 2.16. The third-order valence-corrected chi connectivity index (χ3v) is 5.12. The lowest BCUT2D eigenvalue weighted by Crippen LogP contribution is -2.05. The van der Waals surface area contributed by atoms with E-state index in [1.165, 1.54) is 24.0 Å². The molecule has 0 atom stereocenters. The van der Waals surface area contributed by atoms with Gasteiger partial charge in [-0.2, -0.15) is 4.98 Å². The zero-order chi connectivity index (χ0) is 22.9. The van der Waals surface area contributed by atoms with Gasteiger partial charge >= 0.3 is 0 Å². The molecule has 0 fully saturated rings. The van der Waals surface area contributed by atoms with Gasteiger partial charge in [-0.15, -0.1) is 0 Å². The van der Waals surface area contributed by atoms with Crippen LogP contribution in [0.3, 0.4) is 0 Å². The van der Waals surface area contributed by atoms with Crippen molar-refractivity contribution in [1.29, 1.82) is 0 Å². The van der Waals surface area contributed by atoms with Crippen molar-refractivity contribution in [2.24, 2.45) is 0 Å². The number of hydrogen-bond donors (Lipinski definition) is 1. The molecule has 7 heteroatoms. The van der Waals surface area contributed by atoms with Crippen LogP contribution in [0.5, 0.6) is 28.9 Å². The summed E-state index contributed by atoms with van der Waals surface area (Å²) in [5.41, 5.74) is 3.36. The Morgan fingerprint density at radius 2 is 1.56 bits per heavy atom. The van der Waals surface area contributed by atoms with Gasteiger partial charge in [0.15, 0.2) is 17.3 Å². The first-order valence-electron chi connectivity index (χ1n) is 10.9. The highest BCUT2D eigenvalue weighted by Crippen LogP contribution is 2.40. The maximum atomic E-state index is 6.10. The summed E-state index contributed by atoms with van der Waals surface area (Å²) in [7, 11) is 4.73. The van der Waals surface area contributed by atoms with Crippen LogP contribution in [-0.2, 0) is 12.8 Å². The van der Waals surface area contributed by atoms with Crippen molar-refractivity contribution in [2.45, 2.75) is 39.5 Å². The van der Waals surface area contributed by atoms with Crippen LogP contribution in [0.25, 0.3) is 0 Å². The number of hydrogen-bond acceptors (Lipinski definition) is 7. The first-order chi connectivity index (χ1) is 15.7. The van der Waals surface area contributed by atoms with Gasteiger partial charge in [0.1, 0.15) is 5.75 Å². The van der Waals surface area contributed by atoms with E-state index in [1.807, 2.05) is 38.1 Å². The Labute approximate surface area is 189 Å². The second-order valence-electron chi connectivity index (χ2n) is 6.98. The molecule has 1 aliphatic rings. The molecule has 2 aromatic carbocycles. The standard InChI is InChI=1S/C23H25N3O4.C2H6/c1-27-19-11-16(12-20(28-2)23(19)29-3)25-21-13-24-14-22(26-21)30-18-10-6-8-15-7-4-5-9-17(15)18;1-2/h6,8,10-14H,4-5,7,9H2,1-3H3,(H,25,26);1-2H3. The summed E-state index contributed by atoms with van der Waals surface area (Å²) in [6.45, 7) is 4.00. The monoisotopic (exact) mass is 437 g/mol. The maximum Gasteiger partial charge on any atom is 0.239 e. The topological polar surface area (TPSA) is 74.7 Å². The van der Waals surface area contributed by atoms with Crippen molar-refractivity contribution in [2.75, 3.05) is 26.6 Å². The largest absolute Gasteiger partial charge is 0.493 e. The molecule has 0 amide bonds. The van der Waals surface area contributed by atoms with Gasteiger partial charge in [-0.3, -0.25) is 4.98 Å². The van der Waals surface area contributed by atoms with Crippen molar-refractivity contribution >= 4 is 11.5 Å². The van der Waals surface area contributed by atoms with Crippen LogP contribution in [0.4, 0.5) is 11.5 Å². The van der Waals surface area contributed by atoms with Crippen LogP contribution in [-0.4, -0.2) is 31.3 Å². The first kappa shape index (κ1) is 23.2. The van der Waals surface area contributed by atoms with E-state index < -0.39 is 0 Å². The van der Waals surface area contributed by atoms with Crippen LogP contribution in [0.2, 0.25) is 0 Å². The highest BCUT2D eigenvalue weighted by molar-refractivity contribution is 5.66. The minimum Gasteiger partial charge on any atom is -0.493 e. The second kappa shape index (κ2) is 11.2. The van der Waals surface area contributed by atoms with E-state index in [4.69, 9.17) is 18.9 Å². The average Bonchev–Trinajstić information content (AvgIpc) is 2.85. The molecule has 0 radical (unpaired) electrons. The Kier molecular flexibility index (Phi) is 8.14. The van der Waals surface area contributed by atoms with Crippen molar-refractivity contribution in [3.63, 3.8) is 0 Å². The third kappa shape index (κ3) is 5.22. The molecule has 7 nitrogen and oxygen atoms in total. The number of benzene rings is 2. The van der Waals surface area contributed by atoms with Gasteiger partial charge < -0.3 is 24.3 Å². The van der Waals surface area contributed by atoms with E-state index in [0.717, 1.165) is 24.3 Å². The molecule has 32 heavy (non-hydrogen) atoms. The molecule has 1 heterocycles. The number of anilines is 2. The van der Waals surface area contributed by atoms with Crippen LogP contribution in [0.15, 0.2) is 42.7 Å². The van der Waals surface area contributed by atoms with Crippen molar-refractivity contribution in [1.82, 2.24) is 9.97 Å². The van der Waals surface area contributed by atoms with Crippen LogP contribution in [0, 0.1) is 0 Å². The molecular formula is C25H31N3O4. The maximum absolute atomic E-state index is 6.10. The summed E-state index contributed by atoms with van der Waals surface area (Å²) >= 11 is 0. The number of nitrogens with one attached hydrogen (secondary N) is 1. The second-order valence-corrected chi connectivity index (χ2v) is 6.98. The average molecular weight is 438 g/mol. The molecule has 1 N–H and O–H groups in total. The van der Waals surface area contributed by atoms with E-state index in [1.54, 1.807) is 33.7 Å². The van der Waals surface area contributed by atoms with Crippen molar-refractivity contribution in [3.05, 3.63) is 53.9 Å². The smallest absolute Gasteiger partial charge is 0.239 e. The molecule has 4 rings (SSSR count). The molecular weight excluding hydrogens is 406 g/mol. The number of aryl methyl sites for hydroxylation is 1. The first-order valence-corrected chi connectivity index (χ1v) is 10.9. The number of methoxy groups -OCH3 is 3. The fourth-order valence-electron chi connectivity index (χ4n) is 3.71. The van der Waals surface area contributed by atoms with E-state index in [0.29, 0.717) is 28.9 Å². The molecule has 1 aromatic heterocycles. The van der Waals surface area contributed by atoms with E-state index in [9.17, 15) is 0 Å². The molecule has 0 unspecified atom stereocenters. The van der Waals surface area contributed by atoms with Crippen LogP contribution < -0.4 is 24.3 Å². The quantitative estimate of drug-likeness (QED) is 0.490. The van der Waals surface area contributed by atoms with Gasteiger partial charge in [-0.1, -0.05) is 26.0 Å². The SMILES string of the molecule is CC.COc1cc(Nc2cncc(Oc3cccc4c3CCCC4)n2)cc(OC)c1OC. The molecule has 0 saturated carbocycles. The Bertz CT molecular complexity index is 1010. The van der Waals surface area contributed by atoms with Crippen LogP contribution >= 0.6 is 0 Å². The highest BCUT2D eigenvalue weighted by atomic mass is 16.5. The minimum atomic E-state index is 0.436. The van der Waals surface area contributed by atoms with E-state index >= 15 is 0 Å². The minimum absolute atomic E-state index is 0.436. The van der Waals surface area contributed by atoms with Gasteiger partial charge in [0.25, 0.3) is 0 Å². The Morgan fingerprint density at radius 1 is 0.844 bits per heavy atom. The van der Waals surface area contributed by atoms with Gasteiger partial charge in [0, 0.05) is 17.8 Å². The van der Waals surface area contributed by atoms with Gasteiger partial charge in [0.05, 0.1) is 33.7 Å². The Hall–Kier alpha value is -3.48. The number of nitrogens with zero attached hydrogens (tertiary/aromatic N) is 2. The molecule has 170 valence electrons. The molecule has 1 aliphatic carbocycles. The zero-order valence-electron chi connectivity index (χ0n) is 19.4. The number of aromatic nitrogens is 2. The van der Waals surface area contributed by atoms with Crippen molar-refractivity contribution < 1.29 is 18.9 Å². The molecule has 0 bridgehead atoms. The molecule has 0 spiro atoms. The third-order valence-electron chi connectivity index (χ3n) is 5.12. The molecule has 3 aromatic rings. The summed E-state index contributed by atoms with van der Waals surface area (Å²) in [4.78, 5) is 8.83. The summed E-state index contributed by atoms with van der Waals surface area (Å²) in [5.74, 6) is 3.47.